The summed E-state index contributed by atoms with van der Waals surface area (Å²) in [4.78, 5) is 2.21. The maximum atomic E-state index is 10.8. The van der Waals surface area contributed by atoms with Crippen LogP contribution in [-0.2, 0) is 12.1 Å². The molecule has 0 radical (unpaired) electrons. The SMILES string of the molecule is COc1ccccc1Oc1cccc(CN2CC(O)(c3ccc(Cl)cc3)C2)c1. The van der Waals surface area contributed by atoms with Gasteiger partial charge in [0.25, 0.3) is 0 Å². The smallest absolute Gasteiger partial charge is 0.169 e. The second kappa shape index (κ2) is 7.84. The third kappa shape index (κ3) is 3.99. The van der Waals surface area contributed by atoms with Gasteiger partial charge in [0.15, 0.2) is 11.5 Å². The molecule has 0 spiro atoms. The molecule has 1 saturated heterocycles. The number of likely N-dealkylation sites (tertiary alicyclic amines) is 1. The van der Waals surface area contributed by atoms with E-state index in [2.05, 4.69) is 11.0 Å². The van der Waals surface area contributed by atoms with Crippen molar-refractivity contribution in [2.75, 3.05) is 20.2 Å². The van der Waals surface area contributed by atoms with Crippen molar-refractivity contribution < 1.29 is 14.6 Å². The summed E-state index contributed by atoms with van der Waals surface area (Å²) in [6.45, 7) is 1.93. The van der Waals surface area contributed by atoms with Crippen molar-refractivity contribution in [1.82, 2.24) is 4.90 Å². The highest BCUT2D eigenvalue weighted by molar-refractivity contribution is 6.30. The molecule has 4 nitrogen and oxygen atoms in total. The Morgan fingerprint density at radius 3 is 2.39 bits per heavy atom. The molecule has 5 heteroatoms. The fourth-order valence-corrected chi connectivity index (χ4v) is 3.67. The van der Waals surface area contributed by atoms with Gasteiger partial charge in [-0.2, -0.15) is 0 Å². The zero-order chi connectivity index (χ0) is 19.6. The Balaban J connectivity index is 1.40. The molecule has 1 N–H and O–H groups in total. The summed E-state index contributed by atoms with van der Waals surface area (Å²) in [6, 6.07) is 23.0. The third-order valence-corrected chi connectivity index (χ3v) is 5.21. The van der Waals surface area contributed by atoms with E-state index in [1.54, 1.807) is 7.11 Å². The van der Waals surface area contributed by atoms with Gasteiger partial charge in [-0.1, -0.05) is 48.0 Å². The van der Waals surface area contributed by atoms with Crippen LogP contribution in [0, 0.1) is 0 Å². The van der Waals surface area contributed by atoms with Crippen molar-refractivity contribution >= 4 is 11.6 Å². The van der Waals surface area contributed by atoms with Gasteiger partial charge in [0, 0.05) is 24.7 Å². The molecule has 1 aliphatic heterocycles. The lowest BCUT2D eigenvalue weighted by Gasteiger charge is -2.47. The Labute approximate surface area is 169 Å². The molecule has 4 rings (SSSR count). The van der Waals surface area contributed by atoms with Crippen LogP contribution in [0.5, 0.6) is 17.2 Å². The van der Waals surface area contributed by atoms with Crippen molar-refractivity contribution in [2.24, 2.45) is 0 Å². The van der Waals surface area contributed by atoms with Crippen LogP contribution in [-0.4, -0.2) is 30.2 Å². The van der Waals surface area contributed by atoms with Gasteiger partial charge >= 0.3 is 0 Å². The van der Waals surface area contributed by atoms with E-state index in [9.17, 15) is 5.11 Å². The quantitative estimate of drug-likeness (QED) is 0.648. The molecule has 1 aliphatic rings. The number of ether oxygens (including phenoxy) is 2. The molecule has 0 unspecified atom stereocenters. The van der Waals surface area contributed by atoms with E-state index in [-0.39, 0.29) is 0 Å². The molecule has 0 atom stereocenters. The molecule has 3 aromatic rings. The number of methoxy groups -OCH3 is 1. The van der Waals surface area contributed by atoms with E-state index >= 15 is 0 Å². The van der Waals surface area contributed by atoms with Gasteiger partial charge < -0.3 is 14.6 Å². The summed E-state index contributed by atoms with van der Waals surface area (Å²) in [5, 5.41) is 11.5. The largest absolute Gasteiger partial charge is 0.493 e. The van der Waals surface area contributed by atoms with E-state index in [4.69, 9.17) is 21.1 Å². The van der Waals surface area contributed by atoms with Crippen LogP contribution in [0.2, 0.25) is 5.02 Å². The second-order valence-corrected chi connectivity index (χ2v) is 7.52. The number of benzene rings is 3. The van der Waals surface area contributed by atoms with E-state index in [1.165, 1.54) is 0 Å². The molecule has 0 aliphatic carbocycles. The van der Waals surface area contributed by atoms with Gasteiger partial charge in [0.2, 0.25) is 0 Å². The van der Waals surface area contributed by atoms with Crippen molar-refractivity contribution in [3.05, 3.63) is 88.9 Å². The standard InChI is InChI=1S/C23H22ClNO3/c1-27-21-7-2-3-8-22(21)28-20-6-4-5-17(13-20)14-25-15-23(26,16-25)18-9-11-19(24)12-10-18/h2-13,26H,14-16H2,1H3. The lowest BCUT2D eigenvalue weighted by Crippen LogP contribution is -2.58. The first-order valence-electron chi connectivity index (χ1n) is 9.16. The highest BCUT2D eigenvalue weighted by Gasteiger charge is 2.42. The number of para-hydroxylation sites is 2. The Morgan fingerprint density at radius 2 is 1.68 bits per heavy atom. The van der Waals surface area contributed by atoms with Gasteiger partial charge in [-0.15, -0.1) is 0 Å². The minimum atomic E-state index is -0.809. The predicted molar refractivity (Wildman–Crippen MR) is 110 cm³/mol. The van der Waals surface area contributed by atoms with E-state index in [0.29, 0.717) is 29.6 Å². The van der Waals surface area contributed by atoms with Crippen LogP contribution < -0.4 is 9.47 Å². The molecule has 1 fully saturated rings. The minimum absolute atomic E-state index is 0.590. The molecule has 28 heavy (non-hydrogen) atoms. The van der Waals surface area contributed by atoms with Gasteiger partial charge in [-0.05, 0) is 47.5 Å². The molecule has 0 amide bonds. The normalized spacial score (nSPS) is 15.7. The number of hydrogen-bond donors (Lipinski definition) is 1. The summed E-state index contributed by atoms with van der Waals surface area (Å²) in [5.41, 5.74) is 1.22. The highest BCUT2D eigenvalue weighted by atomic mass is 35.5. The molecule has 0 bridgehead atoms. The van der Waals surface area contributed by atoms with Crippen LogP contribution in [0.25, 0.3) is 0 Å². The van der Waals surface area contributed by atoms with Gasteiger partial charge in [0.1, 0.15) is 11.4 Å². The zero-order valence-corrected chi connectivity index (χ0v) is 16.4. The van der Waals surface area contributed by atoms with Gasteiger partial charge in [0.05, 0.1) is 7.11 Å². The number of rotatable bonds is 6. The summed E-state index contributed by atoms with van der Waals surface area (Å²) in [7, 11) is 1.63. The Morgan fingerprint density at radius 1 is 0.964 bits per heavy atom. The lowest BCUT2D eigenvalue weighted by atomic mass is 9.86. The Kier molecular flexibility index (Phi) is 5.27. The molecule has 3 aromatic carbocycles. The predicted octanol–water partition coefficient (Wildman–Crippen LogP) is 4.84. The fourth-order valence-electron chi connectivity index (χ4n) is 3.54. The monoisotopic (exact) mass is 395 g/mol. The van der Waals surface area contributed by atoms with Crippen LogP contribution in [0.3, 0.4) is 0 Å². The van der Waals surface area contributed by atoms with Crippen molar-refractivity contribution in [3.8, 4) is 17.2 Å². The average Bonchev–Trinajstić information content (AvgIpc) is 2.68. The fraction of sp³-hybridized carbons (Fsp3) is 0.217. The lowest BCUT2D eigenvalue weighted by molar-refractivity contribution is -0.107. The number of β-amino-alcohol motifs (C(OH)–C–C–N with tert-alkyl or cyclic N) is 1. The maximum Gasteiger partial charge on any atom is 0.169 e. The van der Waals surface area contributed by atoms with Crippen molar-refractivity contribution in [2.45, 2.75) is 12.1 Å². The molecular formula is C23H22ClNO3. The number of nitrogens with zero attached hydrogens (tertiary/aromatic N) is 1. The number of halogens is 1. The first kappa shape index (κ1) is 18.8. The third-order valence-electron chi connectivity index (χ3n) is 4.95. The van der Waals surface area contributed by atoms with Gasteiger partial charge in [-0.3, -0.25) is 4.90 Å². The van der Waals surface area contributed by atoms with Crippen molar-refractivity contribution in [1.29, 1.82) is 0 Å². The number of hydrogen-bond acceptors (Lipinski definition) is 4. The molecular weight excluding hydrogens is 374 g/mol. The van der Waals surface area contributed by atoms with E-state index < -0.39 is 5.60 Å². The average molecular weight is 396 g/mol. The topological polar surface area (TPSA) is 41.9 Å². The number of aliphatic hydroxyl groups is 1. The van der Waals surface area contributed by atoms with Crippen LogP contribution in [0.4, 0.5) is 0 Å². The maximum absolute atomic E-state index is 10.8. The highest BCUT2D eigenvalue weighted by Crippen LogP contribution is 2.35. The second-order valence-electron chi connectivity index (χ2n) is 7.08. The molecule has 0 saturated carbocycles. The first-order valence-corrected chi connectivity index (χ1v) is 9.54. The van der Waals surface area contributed by atoms with Crippen molar-refractivity contribution in [3.63, 3.8) is 0 Å². The summed E-state index contributed by atoms with van der Waals surface area (Å²) in [6.07, 6.45) is 0. The first-order chi connectivity index (χ1) is 13.6. The molecule has 144 valence electrons. The Hall–Kier alpha value is -2.53. The van der Waals surface area contributed by atoms with E-state index in [1.807, 2.05) is 66.7 Å². The Bertz CT molecular complexity index is 952. The van der Waals surface area contributed by atoms with Crippen LogP contribution in [0.1, 0.15) is 11.1 Å². The molecule has 0 aromatic heterocycles. The summed E-state index contributed by atoms with van der Waals surface area (Å²) >= 11 is 5.94. The van der Waals surface area contributed by atoms with Crippen LogP contribution >= 0.6 is 11.6 Å². The summed E-state index contributed by atoms with van der Waals surface area (Å²) < 4.78 is 11.3. The minimum Gasteiger partial charge on any atom is -0.493 e. The zero-order valence-electron chi connectivity index (χ0n) is 15.6. The molecule has 1 heterocycles. The summed E-state index contributed by atoms with van der Waals surface area (Å²) in [5.74, 6) is 2.14. The van der Waals surface area contributed by atoms with Crippen LogP contribution in [0.15, 0.2) is 72.8 Å². The van der Waals surface area contributed by atoms with Gasteiger partial charge in [-0.25, -0.2) is 0 Å². The van der Waals surface area contributed by atoms with E-state index in [0.717, 1.165) is 23.4 Å².